The quantitative estimate of drug-likeness (QED) is 0.809. The molecule has 0 N–H and O–H groups in total. The average molecular weight is 339 g/mol. The van der Waals surface area contributed by atoms with Crippen LogP contribution >= 0.6 is 11.8 Å². The van der Waals surface area contributed by atoms with Gasteiger partial charge < -0.3 is 14.2 Å². The number of carbonyl (C=O) groups is 1. The van der Waals surface area contributed by atoms with E-state index in [1.54, 1.807) is 19.0 Å². The maximum atomic E-state index is 11.6. The van der Waals surface area contributed by atoms with Gasteiger partial charge in [0.15, 0.2) is 0 Å². The lowest BCUT2D eigenvalue weighted by atomic mass is 9.92. The maximum Gasteiger partial charge on any atom is 0.248 e. The molecule has 1 aromatic heterocycles. The van der Waals surface area contributed by atoms with Gasteiger partial charge >= 0.3 is 0 Å². The van der Waals surface area contributed by atoms with Gasteiger partial charge in [-0.3, -0.25) is 9.69 Å². The van der Waals surface area contributed by atoms with Gasteiger partial charge in [0.05, 0.1) is 11.8 Å². The number of likely N-dealkylation sites (N-methyl/N-ethyl adjacent to an activating group) is 1. The van der Waals surface area contributed by atoms with Crippen LogP contribution in [0.4, 0.5) is 0 Å². The summed E-state index contributed by atoms with van der Waals surface area (Å²) in [6.07, 6.45) is 1.24. The number of thioether (sulfide) groups is 1. The molecule has 0 bridgehead atoms. The van der Waals surface area contributed by atoms with Gasteiger partial charge in [-0.25, -0.2) is 0 Å². The van der Waals surface area contributed by atoms with Crippen LogP contribution in [0.3, 0.4) is 0 Å². The van der Waals surface area contributed by atoms with Crippen molar-refractivity contribution in [1.29, 1.82) is 0 Å². The molecule has 1 amide bonds. The monoisotopic (exact) mass is 339 g/mol. The number of likely N-dealkylation sites (tertiary alicyclic amines) is 1. The molecule has 2 aliphatic rings. The minimum Gasteiger partial charge on any atom is -0.367 e. The SMILES string of the molecule is Cc1noc(C)c1CN1CC2(CC(OCC(=O)N(C)C)CS2)C1. The van der Waals surface area contributed by atoms with E-state index in [2.05, 4.69) is 10.1 Å². The number of nitrogens with zero attached hydrogens (tertiary/aromatic N) is 3. The lowest BCUT2D eigenvalue weighted by molar-refractivity contribution is -0.135. The Morgan fingerprint density at radius 3 is 2.83 bits per heavy atom. The molecule has 3 heterocycles. The number of rotatable bonds is 5. The average Bonchev–Trinajstić information content (AvgIpc) is 3.03. The summed E-state index contributed by atoms with van der Waals surface area (Å²) >= 11 is 1.99. The van der Waals surface area contributed by atoms with Gasteiger partial charge in [0.2, 0.25) is 5.91 Å². The first-order valence-electron chi connectivity index (χ1n) is 7.98. The van der Waals surface area contributed by atoms with E-state index >= 15 is 0 Å². The highest BCUT2D eigenvalue weighted by molar-refractivity contribution is 8.01. The van der Waals surface area contributed by atoms with Gasteiger partial charge in [0.25, 0.3) is 0 Å². The summed E-state index contributed by atoms with van der Waals surface area (Å²) in [6.45, 7) is 7.22. The van der Waals surface area contributed by atoms with Crippen molar-refractivity contribution in [3.05, 3.63) is 17.0 Å². The van der Waals surface area contributed by atoms with Crippen molar-refractivity contribution in [1.82, 2.24) is 15.0 Å². The molecule has 1 atom stereocenters. The van der Waals surface area contributed by atoms with E-state index in [4.69, 9.17) is 9.26 Å². The summed E-state index contributed by atoms with van der Waals surface area (Å²) < 4.78 is 11.3. The first-order valence-corrected chi connectivity index (χ1v) is 8.97. The zero-order valence-corrected chi connectivity index (χ0v) is 15.1. The number of aromatic nitrogens is 1. The van der Waals surface area contributed by atoms with Gasteiger partial charge in [-0.2, -0.15) is 0 Å². The van der Waals surface area contributed by atoms with Gasteiger partial charge in [0, 0.05) is 49.8 Å². The van der Waals surface area contributed by atoms with Crippen molar-refractivity contribution in [2.75, 3.05) is 39.5 Å². The van der Waals surface area contributed by atoms with Crippen LogP contribution in [0, 0.1) is 13.8 Å². The molecule has 0 aliphatic carbocycles. The normalized spacial score (nSPS) is 23.2. The molecule has 128 valence electrons. The minimum atomic E-state index is 0.0320. The third-order valence-electron chi connectivity index (χ3n) is 4.70. The zero-order valence-electron chi connectivity index (χ0n) is 14.3. The lowest BCUT2D eigenvalue weighted by Crippen LogP contribution is -2.58. The van der Waals surface area contributed by atoms with Crippen LogP contribution in [0.2, 0.25) is 0 Å². The fourth-order valence-electron chi connectivity index (χ4n) is 3.28. The third-order valence-corrected chi connectivity index (χ3v) is 6.28. The first-order chi connectivity index (χ1) is 10.9. The molecule has 2 aliphatic heterocycles. The Labute approximate surface area is 141 Å². The van der Waals surface area contributed by atoms with Crippen molar-refractivity contribution >= 4 is 17.7 Å². The molecule has 6 nitrogen and oxygen atoms in total. The van der Waals surface area contributed by atoms with Gasteiger partial charge in [-0.15, -0.1) is 11.8 Å². The fourth-order valence-corrected chi connectivity index (χ4v) is 4.88. The van der Waals surface area contributed by atoms with Crippen molar-refractivity contribution in [2.24, 2.45) is 0 Å². The van der Waals surface area contributed by atoms with Crippen LogP contribution in [-0.2, 0) is 16.1 Å². The molecule has 7 heteroatoms. The Kier molecular flexibility index (Phi) is 4.71. The van der Waals surface area contributed by atoms with Crippen molar-refractivity contribution in [3.63, 3.8) is 0 Å². The maximum absolute atomic E-state index is 11.6. The van der Waals surface area contributed by atoms with Crippen LogP contribution in [0.5, 0.6) is 0 Å². The second kappa shape index (κ2) is 6.45. The van der Waals surface area contributed by atoms with Crippen LogP contribution < -0.4 is 0 Å². The molecule has 1 spiro atoms. The Balaban J connectivity index is 1.45. The molecule has 1 unspecified atom stereocenters. The van der Waals surface area contributed by atoms with Crippen molar-refractivity contribution in [3.8, 4) is 0 Å². The van der Waals surface area contributed by atoms with E-state index in [0.717, 1.165) is 43.3 Å². The van der Waals surface area contributed by atoms with Gasteiger partial charge in [-0.05, 0) is 20.3 Å². The number of carbonyl (C=O) groups excluding carboxylic acids is 1. The smallest absolute Gasteiger partial charge is 0.248 e. The van der Waals surface area contributed by atoms with E-state index in [1.165, 1.54) is 5.56 Å². The largest absolute Gasteiger partial charge is 0.367 e. The second-order valence-corrected chi connectivity index (χ2v) is 8.36. The highest BCUT2D eigenvalue weighted by atomic mass is 32.2. The topological polar surface area (TPSA) is 58.8 Å². The standard InChI is InChI=1S/C16H25N3O3S/c1-11-14(12(2)22-17-11)6-19-9-16(10-19)5-13(8-23-16)21-7-15(20)18(3)4/h13H,5-10H2,1-4H3. The number of hydrogen-bond donors (Lipinski definition) is 0. The number of hydrogen-bond acceptors (Lipinski definition) is 6. The molecule has 0 radical (unpaired) electrons. The third kappa shape index (κ3) is 3.56. The Hall–Kier alpha value is -1.05. The molecule has 0 saturated carbocycles. The van der Waals surface area contributed by atoms with E-state index < -0.39 is 0 Å². The van der Waals surface area contributed by atoms with Gasteiger partial charge in [0.1, 0.15) is 12.4 Å². The van der Waals surface area contributed by atoms with E-state index in [9.17, 15) is 4.79 Å². The molecule has 1 aromatic rings. The fraction of sp³-hybridized carbons (Fsp3) is 0.750. The van der Waals surface area contributed by atoms with Crippen LogP contribution in [0.25, 0.3) is 0 Å². The summed E-state index contributed by atoms with van der Waals surface area (Å²) in [7, 11) is 3.52. The summed E-state index contributed by atoms with van der Waals surface area (Å²) in [4.78, 5) is 15.6. The molecular formula is C16H25N3O3S. The summed E-state index contributed by atoms with van der Waals surface area (Å²) in [5.41, 5.74) is 2.21. The van der Waals surface area contributed by atoms with Gasteiger partial charge in [-0.1, -0.05) is 5.16 Å². The summed E-state index contributed by atoms with van der Waals surface area (Å²) in [5.74, 6) is 1.94. The summed E-state index contributed by atoms with van der Waals surface area (Å²) in [6, 6.07) is 0. The van der Waals surface area contributed by atoms with E-state index in [0.29, 0.717) is 4.75 Å². The van der Waals surface area contributed by atoms with Crippen LogP contribution in [0.15, 0.2) is 4.52 Å². The molecule has 2 fully saturated rings. The molecule has 23 heavy (non-hydrogen) atoms. The number of ether oxygens (including phenoxy) is 1. The second-order valence-electron chi connectivity index (χ2n) is 6.87. The van der Waals surface area contributed by atoms with Crippen LogP contribution in [-0.4, -0.2) is 71.3 Å². The number of amides is 1. The highest BCUT2D eigenvalue weighted by Crippen LogP contribution is 2.46. The molecule has 3 rings (SSSR count). The Bertz CT molecular complexity index is 562. The minimum absolute atomic E-state index is 0.0320. The van der Waals surface area contributed by atoms with E-state index in [-0.39, 0.29) is 18.6 Å². The predicted octanol–water partition coefficient (Wildman–Crippen LogP) is 1.46. The lowest BCUT2D eigenvalue weighted by Gasteiger charge is -2.47. The summed E-state index contributed by atoms with van der Waals surface area (Å²) in [5, 5.41) is 4.02. The molecule has 2 saturated heterocycles. The molecule has 0 aromatic carbocycles. The van der Waals surface area contributed by atoms with Crippen molar-refractivity contribution in [2.45, 2.75) is 37.7 Å². The predicted molar refractivity (Wildman–Crippen MR) is 89.5 cm³/mol. The zero-order chi connectivity index (χ0) is 16.6. The highest BCUT2D eigenvalue weighted by Gasteiger charge is 2.49. The number of aryl methyl sites for hydroxylation is 2. The van der Waals surface area contributed by atoms with Crippen molar-refractivity contribution < 1.29 is 14.1 Å². The Morgan fingerprint density at radius 2 is 2.22 bits per heavy atom. The first kappa shape index (κ1) is 16.8. The van der Waals surface area contributed by atoms with Crippen LogP contribution in [0.1, 0.15) is 23.4 Å². The Morgan fingerprint density at radius 1 is 1.48 bits per heavy atom. The molecular weight excluding hydrogens is 314 g/mol. The van der Waals surface area contributed by atoms with E-state index in [1.807, 2.05) is 25.6 Å².